The number of hydrogen-bond acceptors (Lipinski definition) is 5. The standard InChI is InChI=1S/C23H25NO4/c1-26-21-16-23(28-3)22(27-2)15-18(21)9-12-20(25)17-7-10-19(11-8-17)24-13-5-4-6-14-24/h7-8,10-11,15-16H,4-6,13-14H2,1-3H3. The molecule has 0 saturated carbocycles. The minimum atomic E-state index is -0.234. The summed E-state index contributed by atoms with van der Waals surface area (Å²) in [6.07, 6.45) is 3.74. The molecule has 0 amide bonds. The SMILES string of the molecule is COc1cc(OC)c(OC)cc1C#CC(=O)c1ccc(N2CCCCC2)cc1. The van der Waals surface area contributed by atoms with Crippen LogP contribution in [-0.4, -0.2) is 40.2 Å². The quantitative estimate of drug-likeness (QED) is 0.582. The average molecular weight is 379 g/mol. The molecule has 5 nitrogen and oxygen atoms in total. The fourth-order valence-corrected chi connectivity index (χ4v) is 3.30. The van der Waals surface area contributed by atoms with Crippen molar-refractivity contribution in [2.45, 2.75) is 19.3 Å². The molecule has 146 valence electrons. The van der Waals surface area contributed by atoms with Crippen LogP contribution in [0.5, 0.6) is 17.2 Å². The molecule has 0 bridgehead atoms. The number of hydrogen-bond donors (Lipinski definition) is 0. The Hall–Kier alpha value is -3.13. The van der Waals surface area contributed by atoms with Gasteiger partial charge in [0.15, 0.2) is 11.5 Å². The second-order valence-corrected chi connectivity index (χ2v) is 6.58. The van der Waals surface area contributed by atoms with Crippen LogP contribution in [0.3, 0.4) is 0 Å². The first-order valence-corrected chi connectivity index (χ1v) is 9.37. The van der Waals surface area contributed by atoms with Crippen molar-refractivity contribution < 1.29 is 19.0 Å². The van der Waals surface area contributed by atoms with Crippen molar-refractivity contribution in [3.63, 3.8) is 0 Å². The van der Waals surface area contributed by atoms with Crippen LogP contribution in [0, 0.1) is 11.8 Å². The summed E-state index contributed by atoms with van der Waals surface area (Å²) in [5.41, 5.74) is 2.30. The monoisotopic (exact) mass is 379 g/mol. The van der Waals surface area contributed by atoms with E-state index in [1.807, 2.05) is 24.3 Å². The molecule has 0 radical (unpaired) electrons. The highest BCUT2D eigenvalue weighted by Gasteiger charge is 2.12. The van der Waals surface area contributed by atoms with Gasteiger partial charge in [0.25, 0.3) is 0 Å². The van der Waals surface area contributed by atoms with Gasteiger partial charge in [-0.1, -0.05) is 5.92 Å². The van der Waals surface area contributed by atoms with Crippen molar-refractivity contribution in [1.82, 2.24) is 0 Å². The average Bonchev–Trinajstić information content (AvgIpc) is 2.77. The first-order valence-electron chi connectivity index (χ1n) is 9.37. The maximum atomic E-state index is 12.5. The van der Waals surface area contributed by atoms with Crippen LogP contribution in [0.1, 0.15) is 35.2 Å². The van der Waals surface area contributed by atoms with Crippen molar-refractivity contribution in [3.05, 3.63) is 47.5 Å². The van der Waals surface area contributed by atoms with Gasteiger partial charge in [0.2, 0.25) is 5.78 Å². The van der Waals surface area contributed by atoms with Gasteiger partial charge in [0.1, 0.15) is 5.75 Å². The molecule has 5 heteroatoms. The Kier molecular flexibility index (Phi) is 6.44. The molecule has 0 spiro atoms. The molecule has 0 aromatic heterocycles. The number of ketones is 1. The lowest BCUT2D eigenvalue weighted by Gasteiger charge is -2.28. The molecular weight excluding hydrogens is 354 g/mol. The zero-order chi connectivity index (χ0) is 19.9. The van der Waals surface area contributed by atoms with Crippen molar-refractivity contribution >= 4 is 11.5 Å². The Morgan fingerprint density at radius 1 is 0.857 bits per heavy atom. The van der Waals surface area contributed by atoms with E-state index in [1.165, 1.54) is 19.3 Å². The Morgan fingerprint density at radius 2 is 1.46 bits per heavy atom. The Balaban J connectivity index is 1.79. The Morgan fingerprint density at radius 3 is 2.07 bits per heavy atom. The molecule has 2 aromatic carbocycles. The minimum Gasteiger partial charge on any atom is -0.495 e. The molecule has 1 fully saturated rings. The van der Waals surface area contributed by atoms with E-state index < -0.39 is 0 Å². The van der Waals surface area contributed by atoms with E-state index >= 15 is 0 Å². The number of rotatable bonds is 5. The first-order chi connectivity index (χ1) is 13.7. The van der Waals surface area contributed by atoms with Gasteiger partial charge in [-0.25, -0.2) is 0 Å². The van der Waals surface area contributed by atoms with Gasteiger partial charge in [-0.05, 0) is 49.4 Å². The number of benzene rings is 2. The van der Waals surface area contributed by atoms with Crippen LogP contribution in [0.15, 0.2) is 36.4 Å². The number of carbonyl (C=O) groups excluding carboxylic acids is 1. The lowest BCUT2D eigenvalue weighted by molar-refractivity contribution is 0.105. The smallest absolute Gasteiger partial charge is 0.236 e. The molecule has 1 aliphatic rings. The largest absolute Gasteiger partial charge is 0.495 e. The molecule has 1 saturated heterocycles. The summed E-state index contributed by atoms with van der Waals surface area (Å²) in [7, 11) is 4.66. The third-order valence-electron chi connectivity index (χ3n) is 4.87. The number of carbonyl (C=O) groups is 1. The van der Waals surface area contributed by atoms with E-state index in [2.05, 4.69) is 16.7 Å². The highest BCUT2D eigenvalue weighted by atomic mass is 16.5. The van der Waals surface area contributed by atoms with Crippen molar-refractivity contribution in [1.29, 1.82) is 0 Å². The summed E-state index contributed by atoms with van der Waals surface area (Å²) in [4.78, 5) is 14.9. The van der Waals surface area contributed by atoms with Crippen molar-refractivity contribution in [2.24, 2.45) is 0 Å². The van der Waals surface area contributed by atoms with Crippen LogP contribution < -0.4 is 19.1 Å². The minimum absolute atomic E-state index is 0.234. The van der Waals surface area contributed by atoms with Crippen LogP contribution in [-0.2, 0) is 0 Å². The van der Waals surface area contributed by atoms with Crippen LogP contribution in [0.4, 0.5) is 5.69 Å². The van der Waals surface area contributed by atoms with Gasteiger partial charge >= 0.3 is 0 Å². The molecule has 0 atom stereocenters. The molecule has 2 aromatic rings. The van der Waals surface area contributed by atoms with Crippen LogP contribution in [0.25, 0.3) is 0 Å². The summed E-state index contributed by atoms with van der Waals surface area (Å²) in [6.45, 7) is 2.15. The second kappa shape index (κ2) is 9.18. The summed E-state index contributed by atoms with van der Waals surface area (Å²) < 4.78 is 15.9. The summed E-state index contributed by atoms with van der Waals surface area (Å²) in [5, 5.41) is 0. The number of anilines is 1. The van der Waals surface area contributed by atoms with Gasteiger partial charge < -0.3 is 19.1 Å². The Labute approximate surface area is 166 Å². The molecule has 28 heavy (non-hydrogen) atoms. The third kappa shape index (κ3) is 4.40. The van der Waals surface area contributed by atoms with E-state index in [0.717, 1.165) is 18.8 Å². The number of piperidine rings is 1. The zero-order valence-electron chi connectivity index (χ0n) is 16.6. The zero-order valence-corrected chi connectivity index (χ0v) is 16.6. The van der Waals surface area contributed by atoms with E-state index in [1.54, 1.807) is 33.5 Å². The second-order valence-electron chi connectivity index (χ2n) is 6.58. The summed E-state index contributed by atoms with van der Waals surface area (Å²) >= 11 is 0. The molecular formula is C23H25NO4. The molecule has 0 aliphatic carbocycles. The predicted octanol–water partition coefficient (Wildman–Crippen LogP) is 3.94. The fourth-order valence-electron chi connectivity index (χ4n) is 3.30. The topological polar surface area (TPSA) is 48.0 Å². The molecule has 1 heterocycles. The summed E-state index contributed by atoms with van der Waals surface area (Å²) in [5.74, 6) is 6.97. The predicted molar refractivity (Wildman–Crippen MR) is 110 cm³/mol. The number of nitrogens with zero attached hydrogens (tertiary/aromatic N) is 1. The van der Waals surface area contributed by atoms with E-state index in [4.69, 9.17) is 14.2 Å². The van der Waals surface area contributed by atoms with Gasteiger partial charge in [0.05, 0.1) is 26.9 Å². The van der Waals surface area contributed by atoms with Crippen LogP contribution in [0.2, 0.25) is 0 Å². The molecule has 3 rings (SSSR count). The van der Waals surface area contributed by atoms with Gasteiger partial charge in [-0.15, -0.1) is 0 Å². The van der Waals surface area contributed by atoms with Gasteiger partial charge in [0, 0.05) is 36.5 Å². The third-order valence-corrected chi connectivity index (χ3v) is 4.87. The van der Waals surface area contributed by atoms with Crippen molar-refractivity contribution in [2.75, 3.05) is 39.3 Å². The van der Waals surface area contributed by atoms with Gasteiger partial charge in [-0.3, -0.25) is 4.79 Å². The molecule has 1 aliphatic heterocycles. The highest BCUT2D eigenvalue weighted by molar-refractivity contribution is 6.09. The summed E-state index contributed by atoms with van der Waals surface area (Å²) in [6, 6.07) is 11.1. The molecule has 0 N–H and O–H groups in total. The Bertz CT molecular complexity index is 887. The fraction of sp³-hybridized carbons (Fsp3) is 0.348. The normalized spacial score (nSPS) is 13.3. The number of ether oxygens (including phenoxy) is 3. The number of methoxy groups -OCH3 is 3. The number of Topliss-reactive ketones (excluding diaryl/α,β-unsaturated/α-hetero) is 1. The van der Waals surface area contributed by atoms with Gasteiger partial charge in [-0.2, -0.15) is 0 Å². The van der Waals surface area contributed by atoms with E-state index in [0.29, 0.717) is 28.4 Å². The first kappa shape index (κ1) is 19.6. The maximum Gasteiger partial charge on any atom is 0.236 e. The maximum absolute atomic E-state index is 12.5. The van der Waals surface area contributed by atoms with E-state index in [-0.39, 0.29) is 5.78 Å². The molecule has 0 unspecified atom stereocenters. The lowest BCUT2D eigenvalue weighted by atomic mass is 10.1. The lowest BCUT2D eigenvalue weighted by Crippen LogP contribution is -2.29. The van der Waals surface area contributed by atoms with E-state index in [9.17, 15) is 4.79 Å². The van der Waals surface area contributed by atoms with Crippen molar-refractivity contribution in [3.8, 4) is 29.1 Å². The van der Waals surface area contributed by atoms with Crippen LogP contribution >= 0.6 is 0 Å². The highest BCUT2D eigenvalue weighted by Crippen LogP contribution is 2.34.